The summed E-state index contributed by atoms with van der Waals surface area (Å²) >= 11 is 0. The zero-order valence-corrected chi connectivity index (χ0v) is 13.6. The number of nitrogens with two attached hydrogens (primary N) is 1. The van der Waals surface area contributed by atoms with Gasteiger partial charge in [-0.1, -0.05) is 12.1 Å². The third-order valence-corrected chi connectivity index (χ3v) is 4.99. The Morgan fingerprint density at radius 2 is 2.08 bits per heavy atom. The number of benzene rings is 1. The fraction of sp³-hybridized carbons (Fsp3) is 0.529. The highest BCUT2D eigenvalue weighted by atomic mass is 19.1. The van der Waals surface area contributed by atoms with Crippen molar-refractivity contribution < 1.29 is 9.18 Å². The summed E-state index contributed by atoms with van der Waals surface area (Å²) in [6, 6.07) is 7.26. The Bertz CT molecular complexity index is 757. The highest BCUT2D eigenvalue weighted by Gasteiger charge is 2.30. The molecule has 0 spiro atoms. The fourth-order valence-corrected chi connectivity index (χ4v) is 3.40. The summed E-state index contributed by atoms with van der Waals surface area (Å²) in [7, 11) is 0. The zero-order valence-electron chi connectivity index (χ0n) is 13.6. The molecule has 24 heavy (non-hydrogen) atoms. The van der Waals surface area contributed by atoms with Gasteiger partial charge in [-0.3, -0.25) is 4.79 Å². The number of fused-ring (bicyclic) bond motifs is 1. The van der Waals surface area contributed by atoms with Crippen LogP contribution < -0.4 is 10.6 Å². The van der Waals surface area contributed by atoms with Crippen molar-refractivity contribution >= 4 is 22.9 Å². The molecule has 3 heterocycles. The number of rotatable bonds is 3. The number of alkyl halides is 1. The van der Waals surface area contributed by atoms with Crippen LogP contribution in [0.5, 0.6) is 0 Å². The lowest BCUT2D eigenvalue weighted by molar-refractivity contribution is -0.135. The Morgan fingerprint density at radius 3 is 2.79 bits per heavy atom. The summed E-state index contributed by atoms with van der Waals surface area (Å²) in [6.45, 7) is 2.91. The van der Waals surface area contributed by atoms with Crippen molar-refractivity contribution in [2.24, 2.45) is 5.73 Å². The molecule has 0 saturated carbocycles. The van der Waals surface area contributed by atoms with Gasteiger partial charge < -0.3 is 20.1 Å². The van der Waals surface area contributed by atoms with E-state index in [-0.39, 0.29) is 12.5 Å². The average molecular weight is 331 g/mol. The summed E-state index contributed by atoms with van der Waals surface area (Å²) in [5.74, 6) is 0.822. The third kappa shape index (κ3) is 2.62. The van der Waals surface area contributed by atoms with Crippen molar-refractivity contribution in [2.45, 2.75) is 31.6 Å². The molecule has 0 bridgehead atoms. The maximum atomic E-state index is 13.7. The van der Waals surface area contributed by atoms with E-state index in [1.165, 1.54) is 0 Å². The number of hydrogen-bond acceptors (Lipinski definition) is 4. The maximum absolute atomic E-state index is 13.7. The van der Waals surface area contributed by atoms with Gasteiger partial charge >= 0.3 is 0 Å². The van der Waals surface area contributed by atoms with E-state index in [0.29, 0.717) is 25.5 Å². The third-order valence-electron chi connectivity index (χ3n) is 4.99. The van der Waals surface area contributed by atoms with Crippen molar-refractivity contribution in [1.29, 1.82) is 0 Å². The second-order valence-electron chi connectivity index (χ2n) is 6.64. The average Bonchev–Trinajstić information content (AvgIpc) is 2.87. The summed E-state index contributed by atoms with van der Waals surface area (Å²) in [6.07, 6.45) is 0.494. The highest BCUT2D eigenvalue weighted by molar-refractivity contribution is 5.83. The molecule has 2 saturated heterocycles. The molecular weight excluding hydrogens is 309 g/mol. The van der Waals surface area contributed by atoms with Gasteiger partial charge in [0.2, 0.25) is 11.9 Å². The Balaban J connectivity index is 1.68. The van der Waals surface area contributed by atoms with Crippen LogP contribution >= 0.6 is 0 Å². The van der Waals surface area contributed by atoms with Crippen molar-refractivity contribution in [3.63, 3.8) is 0 Å². The summed E-state index contributed by atoms with van der Waals surface area (Å²) in [5.41, 5.74) is 7.68. The van der Waals surface area contributed by atoms with E-state index in [1.54, 1.807) is 0 Å². The van der Waals surface area contributed by atoms with Crippen LogP contribution in [0.15, 0.2) is 24.3 Å². The molecule has 2 N–H and O–H groups in total. The summed E-state index contributed by atoms with van der Waals surface area (Å²) < 4.78 is 15.6. The molecule has 2 fully saturated rings. The van der Waals surface area contributed by atoms with E-state index < -0.39 is 12.2 Å². The number of nitrogens with zero attached hydrogens (tertiary/aromatic N) is 4. The van der Waals surface area contributed by atoms with Crippen LogP contribution in [-0.4, -0.2) is 58.8 Å². The lowest BCUT2D eigenvalue weighted by Gasteiger charge is -2.35. The lowest BCUT2D eigenvalue weighted by atomic mass is 10.1. The van der Waals surface area contributed by atoms with Gasteiger partial charge in [-0.2, -0.15) is 0 Å². The minimum atomic E-state index is -0.971. The van der Waals surface area contributed by atoms with Crippen LogP contribution in [0, 0.1) is 0 Å². The number of aromatic nitrogens is 2. The van der Waals surface area contributed by atoms with E-state index in [2.05, 4.69) is 0 Å². The van der Waals surface area contributed by atoms with E-state index in [1.807, 2.05) is 38.6 Å². The van der Waals surface area contributed by atoms with Crippen LogP contribution in [0.3, 0.4) is 0 Å². The quantitative estimate of drug-likeness (QED) is 0.916. The largest absolute Gasteiger partial charge is 0.341 e. The number of amides is 1. The van der Waals surface area contributed by atoms with Crippen molar-refractivity contribution in [3.05, 3.63) is 24.3 Å². The van der Waals surface area contributed by atoms with Gasteiger partial charge in [-0.05, 0) is 25.0 Å². The van der Waals surface area contributed by atoms with Crippen molar-refractivity contribution in [2.75, 3.05) is 31.1 Å². The fourth-order valence-electron chi connectivity index (χ4n) is 3.40. The van der Waals surface area contributed by atoms with Gasteiger partial charge in [-0.25, -0.2) is 9.37 Å². The van der Waals surface area contributed by atoms with Crippen LogP contribution in [-0.2, 0) is 11.3 Å². The molecule has 2 aromatic rings. The first-order valence-corrected chi connectivity index (χ1v) is 8.51. The van der Waals surface area contributed by atoms with Crippen molar-refractivity contribution in [3.8, 4) is 0 Å². The Kier molecular flexibility index (Phi) is 3.88. The number of carbonyl (C=O) groups excluding carboxylic acids is 1. The second kappa shape index (κ2) is 6.05. The Morgan fingerprint density at radius 1 is 1.29 bits per heavy atom. The van der Waals surface area contributed by atoms with Gasteiger partial charge in [0.1, 0.15) is 12.7 Å². The molecule has 1 aromatic heterocycles. The van der Waals surface area contributed by atoms with Crippen LogP contribution in [0.1, 0.15) is 12.8 Å². The van der Waals surface area contributed by atoms with Gasteiger partial charge in [0.15, 0.2) is 0 Å². The molecule has 0 unspecified atom stereocenters. The van der Waals surface area contributed by atoms with Crippen LogP contribution in [0.2, 0.25) is 0 Å². The molecule has 2 aliphatic rings. The van der Waals surface area contributed by atoms with E-state index in [4.69, 9.17) is 10.7 Å². The lowest BCUT2D eigenvalue weighted by Crippen LogP contribution is -2.50. The Labute approximate surface area is 140 Å². The van der Waals surface area contributed by atoms with Gasteiger partial charge in [0.25, 0.3) is 0 Å². The van der Waals surface area contributed by atoms with Gasteiger partial charge in [-0.15, -0.1) is 0 Å². The van der Waals surface area contributed by atoms with Crippen LogP contribution in [0.4, 0.5) is 10.3 Å². The molecule has 128 valence electrons. The van der Waals surface area contributed by atoms with Crippen molar-refractivity contribution in [1.82, 2.24) is 14.5 Å². The topological polar surface area (TPSA) is 67.4 Å². The predicted molar refractivity (Wildman–Crippen MR) is 90.6 cm³/mol. The summed E-state index contributed by atoms with van der Waals surface area (Å²) in [4.78, 5) is 21.0. The summed E-state index contributed by atoms with van der Waals surface area (Å²) in [5, 5.41) is 0. The number of anilines is 1. The predicted octanol–water partition coefficient (Wildman–Crippen LogP) is 1.14. The molecule has 2 atom stereocenters. The van der Waals surface area contributed by atoms with E-state index in [9.17, 15) is 9.18 Å². The smallest absolute Gasteiger partial charge is 0.242 e. The first kappa shape index (κ1) is 15.4. The SMILES string of the molecule is N[C@@H]1CN(c2nc3ccccc3n2CC(=O)N2CCC2)CC[C@H]1F. The normalized spacial score (nSPS) is 24.2. The number of likely N-dealkylation sites (tertiary alicyclic amines) is 1. The monoisotopic (exact) mass is 331 g/mol. The number of halogens is 1. The Hall–Kier alpha value is -2.15. The number of piperidine rings is 1. The molecule has 2 aliphatic heterocycles. The van der Waals surface area contributed by atoms with Crippen LogP contribution in [0.25, 0.3) is 11.0 Å². The first-order chi connectivity index (χ1) is 11.6. The van der Waals surface area contributed by atoms with Gasteiger partial charge in [0, 0.05) is 26.2 Å². The minimum Gasteiger partial charge on any atom is -0.341 e. The van der Waals surface area contributed by atoms with E-state index in [0.717, 1.165) is 30.5 Å². The van der Waals surface area contributed by atoms with E-state index >= 15 is 0 Å². The molecular formula is C17H22FN5O. The maximum Gasteiger partial charge on any atom is 0.242 e. The zero-order chi connectivity index (χ0) is 16.7. The molecule has 7 heteroatoms. The molecule has 4 rings (SSSR count). The second-order valence-corrected chi connectivity index (χ2v) is 6.64. The molecule has 1 aromatic carbocycles. The number of carbonyl (C=O) groups is 1. The minimum absolute atomic E-state index is 0.107. The molecule has 0 radical (unpaired) electrons. The first-order valence-electron chi connectivity index (χ1n) is 8.51. The van der Waals surface area contributed by atoms with Gasteiger partial charge in [0.05, 0.1) is 17.1 Å². The standard InChI is InChI=1S/C17H22FN5O/c18-12-6-9-22(10-13(12)19)17-20-14-4-1-2-5-15(14)23(17)11-16(24)21-7-3-8-21/h1-2,4-5,12-13H,3,6-11,19H2/t12-,13-/m1/s1. The molecule has 0 aliphatic carbocycles. The number of imidazole rings is 1. The number of para-hydroxylation sites is 2. The molecule has 6 nitrogen and oxygen atoms in total. The number of hydrogen-bond donors (Lipinski definition) is 1. The highest BCUT2D eigenvalue weighted by Crippen LogP contribution is 2.26. The molecule has 1 amide bonds.